The highest BCUT2D eigenvalue weighted by Crippen LogP contribution is 2.46. The highest BCUT2D eigenvalue weighted by atomic mass is 35.5. The molecule has 0 saturated heterocycles. The van der Waals surface area contributed by atoms with Gasteiger partial charge in [0.25, 0.3) is 0 Å². The van der Waals surface area contributed by atoms with Crippen LogP contribution >= 0.6 is 23.2 Å². The van der Waals surface area contributed by atoms with E-state index >= 15 is 0 Å². The fourth-order valence-electron chi connectivity index (χ4n) is 2.85. The Morgan fingerprint density at radius 2 is 1.88 bits per heavy atom. The summed E-state index contributed by atoms with van der Waals surface area (Å²) in [5.74, 6) is 1.45. The molecule has 0 atom stereocenters. The molecular weight excluding hydrogens is 371 g/mol. The van der Waals surface area contributed by atoms with E-state index in [-0.39, 0.29) is 12.6 Å². The first-order valence-electron chi connectivity index (χ1n) is 8.96. The topological polar surface area (TPSA) is 35.5 Å². The van der Waals surface area contributed by atoms with Crippen molar-refractivity contribution in [2.24, 2.45) is 0 Å². The summed E-state index contributed by atoms with van der Waals surface area (Å²) in [4.78, 5) is 11.7. The third kappa shape index (κ3) is 4.33. The summed E-state index contributed by atoms with van der Waals surface area (Å²) >= 11 is 12.7. The summed E-state index contributed by atoms with van der Waals surface area (Å²) in [5.41, 5.74) is 3.00. The lowest BCUT2D eigenvalue weighted by Gasteiger charge is -2.16. The molecule has 0 radical (unpaired) electrons. The Morgan fingerprint density at radius 1 is 1.12 bits per heavy atom. The lowest BCUT2D eigenvalue weighted by Crippen LogP contribution is -2.09. The molecule has 1 aliphatic carbocycles. The van der Waals surface area contributed by atoms with Crippen molar-refractivity contribution in [2.45, 2.75) is 52.1 Å². The van der Waals surface area contributed by atoms with Gasteiger partial charge in [0, 0.05) is 11.4 Å². The zero-order valence-corrected chi connectivity index (χ0v) is 16.5. The average molecular weight is 393 g/mol. The van der Waals surface area contributed by atoms with E-state index in [1.807, 2.05) is 6.07 Å². The van der Waals surface area contributed by atoms with Gasteiger partial charge < -0.3 is 9.47 Å². The molecule has 2 aromatic rings. The summed E-state index contributed by atoms with van der Waals surface area (Å²) < 4.78 is 11.5. The van der Waals surface area contributed by atoms with Gasteiger partial charge in [0.05, 0.1) is 10.6 Å². The fraction of sp³-hybridized carbons (Fsp3) is 0.381. The van der Waals surface area contributed by atoms with Gasteiger partial charge in [-0.05, 0) is 54.5 Å². The van der Waals surface area contributed by atoms with Crippen LogP contribution in [-0.2, 0) is 17.8 Å². The van der Waals surface area contributed by atoms with Crippen molar-refractivity contribution in [3.05, 3.63) is 57.1 Å². The summed E-state index contributed by atoms with van der Waals surface area (Å²) in [6.07, 6.45) is 3.53. The molecule has 0 N–H and O–H groups in total. The summed E-state index contributed by atoms with van der Waals surface area (Å²) in [7, 11) is 0. The van der Waals surface area contributed by atoms with E-state index in [1.54, 1.807) is 25.1 Å². The van der Waals surface area contributed by atoms with Crippen LogP contribution in [0.1, 0.15) is 55.7 Å². The Hall–Kier alpha value is -1.71. The summed E-state index contributed by atoms with van der Waals surface area (Å²) in [6, 6.07) is 9.29. The first-order valence-corrected chi connectivity index (χ1v) is 9.72. The molecule has 0 unspecified atom stereocenters. The third-order valence-electron chi connectivity index (χ3n) is 4.54. The van der Waals surface area contributed by atoms with Crippen molar-refractivity contribution >= 4 is 29.2 Å². The number of halogens is 2. The van der Waals surface area contributed by atoms with Gasteiger partial charge in [-0.15, -0.1) is 0 Å². The maximum Gasteiger partial charge on any atom is 0.310 e. The molecule has 5 heteroatoms. The first-order chi connectivity index (χ1) is 12.5. The molecule has 0 bridgehead atoms. The van der Waals surface area contributed by atoms with Gasteiger partial charge in [0.2, 0.25) is 0 Å². The van der Waals surface area contributed by atoms with Crippen LogP contribution in [0.25, 0.3) is 0 Å². The molecule has 1 saturated carbocycles. The average Bonchev–Trinajstić information content (AvgIpc) is 3.46. The first kappa shape index (κ1) is 19.1. The molecule has 138 valence electrons. The van der Waals surface area contributed by atoms with Crippen LogP contribution in [0.15, 0.2) is 30.3 Å². The second kappa shape index (κ2) is 8.32. The Labute approximate surface area is 164 Å². The van der Waals surface area contributed by atoms with Crippen LogP contribution in [-0.4, -0.2) is 5.97 Å². The number of benzene rings is 2. The quantitative estimate of drug-likeness (QED) is 0.407. The van der Waals surface area contributed by atoms with Crippen molar-refractivity contribution < 1.29 is 14.3 Å². The second-order valence-electron chi connectivity index (χ2n) is 6.44. The smallest absolute Gasteiger partial charge is 0.310 e. The Bertz CT molecular complexity index is 813. The van der Waals surface area contributed by atoms with E-state index in [1.165, 1.54) is 18.4 Å². The van der Waals surface area contributed by atoms with Gasteiger partial charge in [-0.2, -0.15) is 0 Å². The Kier molecular flexibility index (Phi) is 6.10. The van der Waals surface area contributed by atoms with Gasteiger partial charge in [-0.25, -0.2) is 0 Å². The number of carbonyl (C=O) groups is 1. The van der Waals surface area contributed by atoms with Crippen LogP contribution in [0.2, 0.25) is 10.0 Å². The van der Waals surface area contributed by atoms with E-state index in [9.17, 15) is 4.79 Å². The van der Waals surface area contributed by atoms with Gasteiger partial charge in [-0.3, -0.25) is 4.79 Å². The van der Waals surface area contributed by atoms with E-state index in [4.69, 9.17) is 32.7 Å². The van der Waals surface area contributed by atoms with Crippen LogP contribution in [0.3, 0.4) is 0 Å². The highest BCUT2D eigenvalue weighted by molar-refractivity contribution is 6.31. The van der Waals surface area contributed by atoms with E-state index in [0.717, 1.165) is 17.7 Å². The van der Waals surface area contributed by atoms with Crippen molar-refractivity contribution in [1.82, 2.24) is 0 Å². The molecule has 3 rings (SSSR count). The number of aryl methyl sites for hydroxylation is 1. The van der Waals surface area contributed by atoms with E-state index in [0.29, 0.717) is 33.7 Å². The van der Waals surface area contributed by atoms with Crippen molar-refractivity contribution in [3.8, 4) is 11.5 Å². The minimum atomic E-state index is -0.303. The molecule has 0 aliphatic heterocycles. The van der Waals surface area contributed by atoms with Gasteiger partial charge >= 0.3 is 5.97 Å². The van der Waals surface area contributed by atoms with Gasteiger partial charge in [0.15, 0.2) is 0 Å². The Balaban J connectivity index is 1.85. The largest absolute Gasteiger partial charge is 0.488 e. The van der Waals surface area contributed by atoms with Crippen molar-refractivity contribution in [3.63, 3.8) is 0 Å². The summed E-state index contributed by atoms with van der Waals surface area (Å²) in [5, 5.41) is 1.22. The zero-order valence-electron chi connectivity index (χ0n) is 15.0. The molecule has 1 fully saturated rings. The number of hydrogen-bond donors (Lipinski definition) is 0. The molecule has 0 aromatic heterocycles. The van der Waals surface area contributed by atoms with Gasteiger partial charge in [-0.1, -0.05) is 49.2 Å². The minimum absolute atomic E-state index is 0.216. The Morgan fingerprint density at radius 3 is 2.54 bits per heavy atom. The second-order valence-corrected chi connectivity index (χ2v) is 7.26. The maximum absolute atomic E-state index is 11.7. The van der Waals surface area contributed by atoms with E-state index in [2.05, 4.69) is 13.0 Å². The lowest BCUT2D eigenvalue weighted by atomic mass is 10.0. The van der Waals surface area contributed by atoms with Gasteiger partial charge in [0.1, 0.15) is 18.1 Å². The fourth-order valence-corrected chi connectivity index (χ4v) is 3.36. The SMILES string of the molecule is CCC(=O)Oc1cccc(Cl)c1COc1cc(Cl)c(CC)cc1C1CC1. The van der Waals surface area contributed by atoms with Crippen LogP contribution < -0.4 is 9.47 Å². The maximum atomic E-state index is 11.7. The molecule has 26 heavy (non-hydrogen) atoms. The number of esters is 1. The zero-order chi connectivity index (χ0) is 18.7. The normalized spacial score (nSPS) is 13.5. The molecule has 0 heterocycles. The summed E-state index contributed by atoms with van der Waals surface area (Å²) in [6.45, 7) is 4.06. The minimum Gasteiger partial charge on any atom is -0.488 e. The van der Waals surface area contributed by atoms with Crippen molar-refractivity contribution in [2.75, 3.05) is 0 Å². The third-order valence-corrected chi connectivity index (χ3v) is 5.24. The van der Waals surface area contributed by atoms with Crippen LogP contribution in [0.4, 0.5) is 0 Å². The molecule has 1 aliphatic rings. The predicted octanol–water partition coefficient (Wildman–Crippen LogP) is 6.33. The number of carbonyl (C=O) groups excluding carboxylic acids is 1. The lowest BCUT2D eigenvalue weighted by molar-refractivity contribution is -0.134. The highest BCUT2D eigenvalue weighted by Gasteiger charge is 2.28. The number of hydrogen-bond acceptors (Lipinski definition) is 3. The van der Waals surface area contributed by atoms with Crippen molar-refractivity contribution in [1.29, 1.82) is 0 Å². The van der Waals surface area contributed by atoms with Crippen LogP contribution in [0, 0.1) is 0 Å². The van der Waals surface area contributed by atoms with Crippen LogP contribution in [0.5, 0.6) is 11.5 Å². The van der Waals surface area contributed by atoms with E-state index < -0.39 is 0 Å². The number of rotatable bonds is 7. The molecular formula is C21H22Cl2O3. The predicted molar refractivity (Wildman–Crippen MR) is 105 cm³/mol. The molecule has 0 spiro atoms. The monoisotopic (exact) mass is 392 g/mol. The number of ether oxygens (including phenoxy) is 2. The standard InChI is InChI=1S/C21H22Cl2O3/c1-3-13-10-15(14-8-9-14)20(11-18(13)23)25-12-16-17(22)6-5-7-19(16)26-21(24)4-2/h5-7,10-11,14H,3-4,8-9,12H2,1-2H3. The molecule has 3 nitrogen and oxygen atoms in total. The molecule has 0 amide bonds. The molecule has 2 aromatic carbocycles.